The first kappa shape index (κ1) is 22.0. The maximum absolute atomic E-state index is 12.5. The number of aryl methyl sites for hydroxylation is 1. The standard InChI is InChI=1S/C21H24N2O5S2/c1-4-23-18-11-8-16(28-5-2)14-19(18)29-21(23)22-20(24)12-13-30(25,26)17-9-6-15(27-3)7-10-17/h6-11,14H,4-5,12-13H2,1-3H3. The van der Waals surface area contributed by atoms with Crippen molar-refractivity contribution in [2.24, 2.45) is 4.99 Å². The van der Waals surface area contributed by atoms with Gasteiger partial charge >= 0.3 is 0 Å². The number of fused-ring (bicyclic) bond motifs is 1. The summed E-state index contributed by atoms with van der Waals surface area (Å²) in [6.45, 7) is 5.11. The van der Waals surface area contributed by atoms with Crippen LogP contribution in [-0.4, -0.2) is 38.4 Å². The Balaban J connectivity index is 1.80. The molecule has 0 saturated heterocycles. The molecule has 0 bridgehead atoms. The van der Waals surface area contributed by atoms with Crippen LogP contribution < -0.4 is 14.3 Å². The zero-order valence-electron chi connectivity index (χ0n) is 17.1. The van der Waals surface area contributed by atoms with Gasteiger partial charge in [-0.1, -0.05) is 11.3 Å². The Kier molecular flexibility index (Phi) is 6.94. The van der Waals surface area contributed by atoms with Gasteiger partial charge in [-0.25, -0.2) is 8.42 Å². The van der Waals surface area contributed by atoms with Crippen molar-refractivity contribution in [3.63, 3.8) is 0 Å². The van der Waals surface area contributed by atoms with Crippen molar-refractivity contribution in [3.8, 4) is 11.5 Å². The Morgan fingerprint density at radius 1 is 1.10 bits per heavy atom. The highest BCUT2D eigenvalue weighted by Crippen LogP contribution is 2.23. The van der Waals surface area contributed by atoms with E-state index in [1.165, 1.54) is 30.6 Å². The summed E-state index contributed by atoms with van der Waals surface area (Å²) in [5.41, 5.74) is 0.961. The van der Waals surface area contributed by atoms with Gasteiger partial charge in [-0.15, -0.1) is 0 Å². The van der Waals surface area contributed by atoms with E-state index in [9.17, 15) is 13.2 Å². The second kappa shape index (κ2) is 9.44. The molecule has 1 heterocycles. The van der Waals surface area contributed by atoms with Crippen LogP contribution in [0.2, 0.25) is 0 Å². The van der Waals surface area contributed by atoms with Crippen LogP contribution in [0.1, 0.15) is 20.3 Å². The molecule has 0 aliphatic carbocycles. The van der Waals surface area contributed by atoms with Gasteiger partial charge in [-0.3, -0.25) is 4.79 Å². The molecule has 0 radical (unpaired) electrons. The van der Waals surface area contributed by atoms with E-state index in [0.717, 1.165) is 16.0 Å². The molecule has 160 valence electrons. The van der Waals surface area contributed by atoms with Crippen molar-refractivity contribution in [1.82, 2.24) is 4.57 Å². The van der Waals surface area contributed by atoms with Gasteiger partial charge < -0.3 is 14.0 Å². The second-order valence-corrected chi connectivity index (χ2v) is 9.56. The number of hydrogen-bond donors (Lipinski definition) is 0. The Morgan fingerprint density at radius 2 is 1.80 bits per heavy atom. The first-order valence-electron chi connectivity index (χ1n) is 9.58. The van der Waals surface area contributed by atoms with E-state index in [0.29, 0.717) is 23.7 Å². The molecule has 0 saturated carbocycles. The van der Waals surface area contributed by atoms with Crippen molar-refractivity contribution in [1.29, 1.82) is 0 Å². The highest BCUT2D eigenvalue weighted by atomic mass is 32.2. The van der Waals surface area contributed by atoms with E-state index in [1.54, 1.807) is 12.1 Å². The molecule has 2 aromatic carbocycles. The minimum Gasteiger partial charge on any atom is -0.497 e. The highest BCUT2D eigenvalue weighted by molar-refractivity contribution is 7.91. The predicted octanol–water partition coefficient (Wildman–Crippen LogP) is 3.42. The van der Waals surface area contributed by atoms with Crippen LogP contribution in [0.4, 0.5) is 0 Å². The highest BCUT2D eigenvalue weighted by Gasteiger charge is 2.17. The summed E-state index contributed by atoms with van der Waals surface area (Å²) in [7, 11) is -2.07. The first-order valence-corrected chi connectivity index (χ1v) is 12.1. The fraction of sp³-hybridized carbons (Fsp3) is 0.333. The number of sulfone groups is 1. The third kappa shape index (κ3) is 4.91. The number of nitrogens with zero attached hydrogens (tertiary/aromatic N) is 2. The molecule has 7 nitrogen and oxygen atoms in total. The minimum atomic E-state index is -3.58. The fourth-order valence-corrected chi connectivity index (χ4v) is 5.36. The molecule has 0 N–H and O–H groups in total. The van der Waals surface area contributed by atoms with E-state index in [2.05, 4.69) is 4.99 Å². The summed E-state index contributed by atoms with van der Waals surface area (Å²) in [5, 5.41) is 0. The summed E-state index contributed by atoms with van der Waals surface area (Å²) in [6, 6.07) is 11.9. The Bertz CT molecular complexity index is 1210. The number of ether oxygens (including phenoxy) is 2. The lowest BCUT2D eigenvalue weighted by atomic mass is 10.3. The zero-order chi connectivity index (χ0) is 21.7. The van der Waals surface area contributed by atoms with Crippen LogP contribution in [0.3, 0.4) is 0 Å². The molecular weight excluding hydrogens is 424 g/mol. The molecule has 3 aromatic rings. The summed E-state index contributed by atoms with van der Waals surface area (Å²) in [4.78, 5) is 17.3. The Morgan fingerprint density at radius 3 is 2.43 bits per heavy atom. The normalized spacial score (nSPS) is 12.3. The van der Waals surface area contributed by atoms with Gasteiger partial charge in [0, 0.05) is 13.0 Å². The van der Waals surface area contributed by atoms with Gasteiger partial charge in [0.25, 0.3) is 0 Å². The van der Waals surface area contributed by atoms with Crippen LogP contribution in [0, 0.1) is 0 Å². The Labute approximate surface area is 179 Å². The van der Waals surface area contributed by atoms with Crippen molar-refractivity contribution in [2.75, 3.05) is 19.5 Å². The zero-order valence-corrected chi connectivity index (χ0v) is 18.8. The summed E-state index contributed by atoms with van der Waals surface area (Å²) in [5.74, 6) is 0.568. The number of rotatable bonds is 8. The van der Waals surface area contributed by atoms with Crippen molar-refractivity contribution in [2.45, 2.75) is 31.7 Å². The van der Waals surface area contributed by atoms with E-state index < -0.39 is 15.7 Å². The third-order valence-corrected chi connectivity index (χ3v) is 7.28. The van der Waals surface area contributed by atoms with E-state index in [4.69, 9.17) is 9.47 Å². The molecular formula is C21H24N2O5S2. The first-order chi connectivity index (χ1) is 14.4. The number of aromatic nitrogens is 1. The SMILES string of the molecule is CCOc1ccc2c(c1)sc(=NC(=O)CCS(=O)(=O)c1ccc(OC)cc1)n2CC. The Hall–Kier alpha value is -2.65. The van der Waals surface area contributed by atoms with Gasteiger partial charge in [0.2, 0.25) is 5.91 Å². The molecule has 0 unspecified atom stereocenters. The number of amides is 1. The molecule has 0 aliphatic rings. The molecule has 3 rings (SSSR count). The summed E-state index contributed by atoms with van der Waals surface area (Å²) < 4.78 is 38.5. The van der Waals surface area contributed by atoms with Gasteiger partial charge in [0.15, 0.2) is 14.6 Å². The lowest BCUT2D eigenvalue weighted by Crippen LogP contribution is -2.17. The fourth-order valence-electron chi connectivity index (χ4n) is 2.99. The monoisotopic (exact) mass is 448 g/mol. The quantitative estimate of drug-likeness (QED) is 0.527. The second-order valence-electron chi connectivity index (χ2n) is 6.44. The van der Waals surface area contributed by atoms with Gasteiger partial charge in [-0.2, -0.15) is 4.99 Å². The van der Waals surface area contributed by atoms with Gasteiger partial charge in [-0.05, 0) is 56.3 Å². The maximum Gasteiger partial charge on any atom is 0.249 e. The average Bonchev–Trinajstić information content (AvgIpc) is 3.08. The number of carbonyl (C=O) groups excluding carboxylic acids is 1. The van der Waals surface area contributed by atoms with Crippen LogP contribution in [-0.2, 0) is 21.2 Å². The van der Waals surface area contributed by atoms with E-state index >= 15 is 0 Å². The van der Waals surface area contributed by atoms with Crippen LogP contribution in [0.15, 0.2) is 52.4 Å². The van der Waals surface area contributed by atoms with E-state index in [1.807, 2.05) is 36.6 Å². The molecule has 1 aromatic heterocycles. The summed E-state index contributed by atoms with van der Waals surface area (Å²) >= 11 is 1.38. The van der Waals surface area contributed by atoms with Crippen LogP contribution in [0.25, 0.3) is 10.2 Å². The number of methoxy groups -OCH3 is 1. The minimum absolute atomic E-state index is 0.157. The molecule has 0 fully saturated rings. The smallest absolute Gasteiger partial charge is 0.249 e. The molecule has 0 spiro atoms. The third-order valence-electron chi connectivity index (χ3n) is 4.51. The lowest BCUT2D eigenvalue weighted by Gasteiger charge is -2.05. The molecule has 0 atom stereocenters. The van der Waals surface area contributed by atoms with E-state index in [-0.39, 0.29) is 17.1 Å². The number of hydrogen-bond acceptors (Lipinski definition) is 6. The number of benzene rings is 2. The van der Waals surface area contributed by atoms with Gasteiger partial charge in [0.05, 0.1) is 34.6 Å². The maximum atomic E-state index is 12.5. The summed E-state index contributed by atoms with van der Waals surface area (Å²) in [6.07, 6.45) is -0.184. The number of thiazole rings is 1. The molecule has 9 heteroatoms. The topological polar surface area (TPSA) is 87.0 Å². The number of carbonyl (C=O) groups is 1. The van der Waals surface area contributed by atoms with Crippen molar-refractivity contribution in [3.05, 3.63) is 47.3 Å². The molecule has 1 amide bonds. The molecule has 0 aliphatic heterocycles. The van der Waals surface area contributed by atoms with Gasteiger partial charge in [0.1, 0.15) is 11.5 Å². The van der Waals surface area contributed by atoms with Crippen molar-refractivity contribution < 1.29 is 22.7 Å². The predicted molar refractivity (Wildman–Crippen MR) is 117 cm³/mol. The van der Waals surface area contributed by atoms with Crippen LogP contribution >= 0.6 is 11.3 Å². The molecule has 30 heavy (non-hydrogen) atoms. The average molecular weight is 449 g/mol. The van der Waals surface area contributed by atoms with Crippen molar-refractivity contribution >= 4 is 37.3 Å². The largest absolute Gasteiger partial charge is 0.497 e. The van der Waals surface area contributed by atoms with Crippen LogP contribution in [0.5, 0.6) is 11.5 Å². The lowest BCUT2D eigenvalue weighted by molar-refractivity contribution is -0.117.